The number of carboxylic acid groups (broad SMARTS) is 1. The second-order valence-corrected chi connectivity index (χ2v) is 9.63. The van der Waals surface area contributed by atoms with Gasteiger partial charge in [0.05, 0.1) is 13.5 Å². The van der Waals surface area contributed by atoms with Gasteiger partial charge in [-0.1, -0.05) is 58.0 Å². The van der Waals surface area contributed by atoms with Crippen molar-refractivity contribution < 1.29 is 28.2 Å². The van der Waals surface area contributed by atoms with Gasteiger partial charge in [0.25, 0.3) is 0 Å². The third-order valence-corrected chi connectivity index (χ3v) is 6.10. The summed E-state index contributed by atoms with van der Waals surface area (Å²) in [5, 5.41) is 9.15. The van der Waals surface area contributed by atoms with Crippen molar-refractivity contribution in [2.24, 2.45) is 0 Å². The molecule has 3 rings (SSSR count). The van der Waals surface area contributed by atoms with Crippen molar-refractivity contribution in [1.82, 2.24) is 0 Å². The zero-order valence-corrected chi connectivity index (χ0v) is 20.8. The molecule has 0 amide bonds. The number of benzene rings is 3. The molecule has 35 heavy (non-hydrogen) atoms. The van der Waals surface area contributed by atoms with Crippen LogP contribution in [0.4, 0.5) is 8.78 Å². The fourth-order valence-corrected chi connectivity index (χ4v) is 4.17. The Hall–Kier alpha value is -3.41. The number of aliphatic carboxylic acids is 1. The molecule has 3 aromatic rings. The van der Waals surface area contributed by atoms with Crippen LogP contribution in [-0.2, 0) is 16.8 Å². The highest BCUT2D eigenvalue weighted by Crippen LogP contribution is 2.37. The Morgan fingerprint density at radius 1 is 1.03 bits per heavy atom. The molecular weight excluding hydrogens is 450 g/mol. The van der Waals surface area contributed by atoms with E-state index in [0.29, 0.717) is 23.3 Å². The normalized spacial score (nSPS) is 12.3. The van der Waals surface area contributed by atoms with Gasteiger partial charge in [-0.2, -0.15) is 0 Å². The van der Waals surface area contributed by atoms with Gasteiger partial charge in [-0.3, -0.25) is 4.79 Å². The first-order valence-electron chi connectivity index (χ1n) is 11.7. The van der Waals surface area contributed by atoms with Crippen LogP contribution < -0.4 is 9.47 Å². The Kier molecular flexibility index (Phi) is 8.15. The van der Waals surface area contributed by atoms with Crippen LogP contribution in [-0.4, -0.2) is 18.2 Å². The average molecular weight is 483 g/mol. The predicted octanol–water partition coefficient (Wildman–Crippen LogP) is 7.49. The Labute approximate surface area is 205 Å². The van der Waals surface area contributed by atoms with E-state index >= 15 is 4.39 Å². The number of ether oxygens (including phenoxy) is 2. The summed E-state index contributed by atoms with van der Waals surface area (Å²) < 4.78 is 41.0. The van der Waals surface area contributed by atoms with Crippen LogP contribution in [0.25, 0.3) is 11.1 Å². The summed E-state index contributed by atoms with van der Waals surface area (Å²) in [6.45, 7) is 8.09. The van der Waals surface area contributed by atoms with Gasteiger partial charge in [0.2, 0.25) is 0 Å². The molecule has 0 aliphatic heterocycles. The molecule has 0 fully saturated rings. The van der Waals surface area contributed by atoms with Crippen LogP contribution >= 0.6 is 0 Å². The van der Waals surface area contributed by atoms with Gasteiger partial charge in [-0.05, 0) is 64.3 Å². The van der Waals surface area contributed by atoms with Crippen LogP contribution in [0.15, 0.2) is 54.6 Å². The van der Waals surface area contributed by atoms with Gasteiger partial charge in [0, 0.05) is 5.56 Å². The van der Waals surface area contributed by atoms with E-state index in [9.17, 15) is 9.18 Å². The molecule has 0 aromatic heterocycles. The zero-order valence-electron chi connectivity index (χ0n) is 20.8. The number of hydrogen-bond donors (Lipinski definition) is 1. The molecule has 0 unspecified atom stereocenters. The van der Waals surface area contributed by atoms with Crippen molar-refractivity contribution in [3.63, 3.8) is 0 Å². The summed E-state index contributed by atoms with van der Waals surface area (Å²) in [4.78, 5) is 11.2. The van der Waals surface area contributed by atoms with E-state index in [1.54, 1.807) is 31.4 Å². The van der Waals surface area contributed by atoms with E-state index < -0.39 is 17.7 Å². The molecule has 0 bridgehead atoms. The second kappa shape index (κ2) is 10.9. The monoisotopic (exact) mass is 482 g/mol. The molecule has 0 heterocycles. The SMILES string of the molecule is CC[C@H](CC(=O)O)c1cccc(OCc2ccc(-c3cc(OC)ccc3F)c(C(C)(C)C)c2)c1F. The maximum atomic E-state index is 15.2. The first-order chi connectivity index (χ1) is 16.5. The lowest BCUT2D eigenvalue weighted by molar-refractivity contribution is -0.137. The van der Waals surface area contributed by atoms with Crippen molar-refractivity contribution in [1.29, 1.82) is 0 Å². The van der Waals surface area contributed by atoms with Gasteiger partial charge in [0.15, 0.2) is 11.6 Å². The number of hydrogen-bond acceptors (Lipinski definition) is 3. The summed E-state index contributed by atoms with van der Waals surface area (Å²) in [7, 11) is 1.54. The maximum absolute atomic E-state index is 15.2. The Balaban J connectivity index is 1.92. The summed E-state index contributed by atoms with van der Waals surface area (Å²) >= 11 is 0. The number of methoxy groups -OCH3 is 1. The molecule has 186 valence electrons. The van der Waals surface area contributed by atoms with E-state index in [4.69, 9.17) is 14.6 Å². The molecule has 0 saturated carbocycles. The van der Waals surface area contributed by atoms with Crippen LogP contribution in [0.2, 0.25) is 0 Å². The van der Waals surface area contributed by atoms with Gasteiger partial charge in [-0.25, -0.2) is 8.78 Å². The molecule has 0 aliphatic rings. The summed E-state index contributed by atoms with van der Waals surface area (Å²) in [6.07, 6.45) is 0.359. The lowest BCUT2D eigenvalue weighted by Crippen LogP contribution is -2.14. The fraction of sp³-hybridized carbons (Fsp3) is 0.345. The van der Waals surface area contributed by atoms with Gasteiger partial charge < -0.3 is 14.6 Å². The lowest BCUT2D eigenvalue weighted by atomic mass is 9.81. The van der Waals surface area contributed by atoms with Crippen molar-refractivity contribution in [3.8, 4) is 22.6 Å². The van der Waals surface area contributed by atoms with Crippen LogP contribution in [0.1, 0.15) is 63.1 Å². The highest BCUT2D eigenvalue weighted by molar-refractivity contribution is 5.71. The Morgan fingerprint density at radius 3 is 2.40 bits per heavy atom. The van der Waals surface area contributed by atoms with E-state index in [2.05, 4.69) is 0 Å². The quantitative estimate of drug-likeness (QED) is 0.343. The standard InChI is InChI=1S/C29H32F2O4/c1-6-19(15-27(32)33)21-8-7-9-26(28(21)31)35-17-18-10-12-22(24(14-18)29(2,3)4)23-16-20(34-5)11-13-25(23)30/h7-14,16,19H,6,15,17H2,1-5H3,(H,32,33)/t19-/m1/s1. The van der Waals surface area contributed by atoms with E-state index in [1.165, 1.54) is 12.1 Å². The third kappa shape index (κ3) is 6.18. The third-order valence-electron chi connectivity index (χ3n) is 6.10. The molecular formula is C29H32F2O4. The summed E-state index contributed by atoms with van der Waals surface area (Å²) in [6, 6.07) is 15.1. The topological polar surface area (TPSA) is 55.8 Å². The minimum Gasteiger partial charge on any atom is -0.497 e. The number of rotatable bonds is 9. The van der Waals surface area contributed by atoms with Crippen LogP contribution in [0.3, 0.4) is 0 Å². The Morgan fingerprint density at radius 2 is 1.77 bits per heavy atom. The maximum Gasteiger partial charge on any atom is 0.303 e. The Bertz CT molecular complexity index is 1200. The number of carboxylic acids is 1. The van der Waals surface area contributed by atoms with Gasteiger partial charge in [0.1, 0.15) is 18.2 Å². The first-order valence-corrected chi connectivity index (χ1v) is 11.7. The number of carbonyl (C=O) groups is 1. The minimum absolute atomic E-state index is 0.0755. The fourth-order valence-electron chi connectivity index (χ4n) is 4.17. The van der Waals surface area contributed by atoms with Crippen molar-refractivity contribution in [2.45, 2.75) is 58.5 Å². The zero-order chi connectivity index (χ0) is 25.8. The molecule has 1 atom stereocenters. The first kappa shape index (κ1) is 26.2. The molecule has 1 N–H and O–H groups in total. The van der Waals surface area contributed by atoms with Crippen molar-refractivity contribution in [2.75, 3.05) is 7.11 Å². The minimum atomic E-state index is -0.968. The predicted molar refractivity (Wildman–Crippen MR) is 133 cm³/mol. The molecule has 3 aromatic carbocycles. The summed E-state index contributed by atoms with van der Waals surface area (Å²) in [5.74, 6) is -1.63. The number of halogens is 2. The molecule has 4 nitrogen and oxygen atoms in total. The van der Waals surface area contributed by atoms with Crippen molar-refractivity contribution >= 4 is 5.97 Å². The lowest BCUT2D eigenvalue weighted by Gasteiger charge is -2.25. The molecule has 0 radical (unpaired) electrons. The smallest absolute Gasteiger partial charge is 0.303 e. The highest BCUT2D eigenvalue weighted by atomic mass is 19.1. The van der Waals surface area contributed by atoms with E-state index in [1.807, 2.05) is 45.9 Å². The van der Waals surface area contributed by atoms with E-state index in [0.717, 1.165) is 16.7 Å². The van der Waals surface area contributed by atoms with E-state index in [-0.39, 0.29) is 30.0 Å². The van der Waals surface area contributed by atoms with Gasteiger partial charge >= 0.3 is 5.97 Å². The second-order valence-electron chi connectivity index (χ2n) is 9.63. The van der Waals surface area contributed by atoms with Crippen LogP contribution in [0.5, 0.6) is 11.5 Å². The molecule has 6 heteroatoms. The van der Waals surface area contributed by atoms with Crippen LogP contribution in [0, 0.1) is 11.6 Å². The van der Waals surface area contributed by atoms with Gasteiger partial charge in [-0.15, -0.1) is 0 Å². The average Bonchev–Trinajstić information content (AvgIpc) is 2.81. The molecule has 0 aliphatic carbocycles. The molecule has 0 spiro atoms. The molecule has 0 saturated heterocycles. The van der Waals surface area contributed by atoms with Crippen molar-refractivity contribution in [3.05, 3.63) is 82.9 Å². The largest absolute Gasteiger partial charge is 0.497 e. The summed E-state index contributed by atoms with van der Waals surface area (Å²) in [5.41, 5.74) is 2.98. The highest BCUT2D eigenvalue weighted by Gasteiger charge is 2.23.